The third kappa shape index (κ3) is 2.22. The number of alkyl halides is 1. The van der Waals surface area contributed by atoms with Gasteiger partial charge in [-0.2, -0.15) is 0 Å². The van der Waals surface area contributed by atoms with Crippen LogP contribution in [-0.2, 0) is 0 Å². The van der Waals surface area contributed by atoms with E-state index in [1.54, 1.807) is 6.07 Å². The lowest BCUT2D eigenvalue weighted by Gasteiger charge is -2.13. The molecular weight excluding hydrogens is 252 g/mol. The zero-order valence-corrected chi connectivity index (χ0v) is 10.3. The average molecular weight is 263 g/mol. The molecule has 0 amide bonds. The highest BCUT2D eigenvalue weighted by molar-refractivity contribution is 6.20. The van der Waals surface area contributed by atoms with Crippen molar-refractivity contribution < 1.29 is 14.2 Å². The quantitative estimate of drug-likeness (QED) is 0.789. The Labute approximate surface area is 110 Å². The molecule has 4 heteroatoms. The van der Waals surface area contributed by atoms with E-state index in [0.717, 1.165) is 11.3 Å². The number of halogens is 1. The van der Waals surface area contributed by atoms with E-state index in [1.807, 2.05) is 42.5 Å². The van der Waals surface area contributed by atoms with Gasteiger partial charge in [0.15, 0.2) is 17.1 Å². The second-order valence-electron chi connectivity index (χ2n) is 3.86. The molecule has 0 saturated carbocycles. The largest absolute Gasteiger partial charge is 0.470 e. The fourth-order valence-electron chi connectivity index (χ4n) is 1.74. The standard InChI is InChI=1S/C14H11ClO3/c15-14(10-4-2-1-3-5-10)18-11-6-7-12-13(8-11)17-9-16-12/h1-8,14H,9H2. The molecule has 0 fully saturated rings. The van der Waals surface area contributed by atoms with Gasteiger partial charge in [0.25, 0.3) is 0 Å². The summed E-state index contributed by atoms with van der Waals surface area (Å²) in [5.41, 5.74) is 0.392. The van der Waals surface area contributed by atoms with Crippen molar-refractivity contribution in [1.29, 1.82) is 0 Å². The van der Waals surface area contributed by atoms with Crippen molar-refractivity contribution in [3.63, 3.8) is 0 Å². The van der Waals surface area contributed by atoms with Gasteiger partial charge in [-0.1, -0.05) is 41.9 Å². The molecule has 1 atom stereocenters. The highest BCUT2D eigenvalue weighted by atomic mass is 35.5. The minimum Gasteiger partial charge on any atom is -0.470 e. The summed E-state index contributed by atoms with van der Waals surface area (Å²) in [6.07, 6.45) is 0. The van der Waals surface area contributed by atoms with Crippen LogP contribution in [0.2, 0.25) is 0 Å². The second kappa shape index (κ2) is 4.78. The van der Waals surface area contributed by atoms with Crippen molar-refractivity contribution in [3.05, 3.63) is 54.1 Å². The molecule has 3 rings (SSSR count). The Morgan fingerprint density at radius 3 is 2.61 bits per heavy atom. The number of hydrogen-bond donors (Lipinski definition) is 0. The Kier molecular flexibility index (Phi) is 2.99. The molecule has 0 spiro atoms. The second-order valence-corrected chi connectivity index (χ2v) is 4.26. The van der Waals surface area contributed by atoms with Crippen LogP contribution < -0.4 is 14.2 Å². The first-order chi connectivity index (χ1) is 8.83. The van der Waals surface area contributed by atoms with Gasteiger partial charge in [0, 0.05) is 11.6 Å². The summed E-state index contributed by atoms with van der Waals surface area (Å²) in [4.78, 5) is 0. The van der Waals surface area contributed by atoms with E-state index in [4.69, 9.17) is 25.8 Å². The Balaban J connectivity index is 1.77. The van der Waals surface area contributed by atoms with Crippen LogP contribution >= 0.6 is 11.6 Å². The van der Waals surface area contributed by atoms with Gasteiger partial charge in [0.2, 0.25) is 6.79 Å². The number of ether oxygens (including phenoxy) is 3. The summed E-state index contributed by atoms with van der Waals surface area (Å²) in [6, 6.07) is 15.0. The van der Waals surface area contributed by atoms with Crippen LogP contribution in [0, 0.1) is 0 Å². The molecule has 92 valence electrons. The minimum absolute atomic E-state index is 0.252. The third-order valence-corrected chi connectivity index (χ3v) is 2.99. The number of rotatable bonds is 3. The fourth-order valence-corrected chi connectivity index (χ4v) is 1.99. The van der Waals surface area contributed by atoms with Crippen LogP contribution in [0.1, 0.15) is 11.1 Å². The molecule has 1 aliphatic rings. The predicted octanol–water partition coefficient (Wildman–Crippen LogP) is 3.73. The molecule has 1 unspecified atom stereocenters. The molecule has 1 heterocycles. The highest BCUT2D eigenvalue weighted by Gasteiger charge is 2.15. The van der Waals surface area contributed by atoms with Gasteiger partial charge in [-0.15, -0.1) is 0 Å². The molecule has 18 heavy (non-hydrogen) atoms. The Bertz CT molecular complexity index is 542. The molecule has 0 bridgehead atoms. The van der Waals surface area contributed by atoms with Crippen molar-refractivity contribution in [2.45, 2.75) is 5.56 Å². The molecular formula is C14H11ClO3. The predicted molar refractivity (Wildman–Crippen MR) is 68.2 cm³/mol. The van der Waals surface area contributed by atoms with Crippen LogP contribution in [-0.4, -0.2) is 6.79 Å². The number of hydrogen-bond acceptors (Lipinski definition) is 3. The fraction of sp³-hybridized carbons (Fsp3) is 0.143. The van der Waals surface area contributed by atoms with Crippen LogP contribution in [0.15, 0.2) is 48.5 Å². The maximum atomic E-state index is 6.20. The lowest BCUT2D eigenvalue weighted by Crippen LogP contribution is -1.99. The van der Waals surface area contributed by atoms with Crippen LogP contribution in [0.3, 0.4) is 0 Å². The molecule has 1 aliphatic heterocycles. The van der Waals surface area contributed by atoms with Gasteiger partial charge in [0.1, 0.15) is 5.75 Å². The van der Waals surface area contributed by atoms with Gasteiger partial charge in [-0.05, 0) is 12.1 Å². The molecule has 0 aromatic heterocycles. The lowest BCUT2D eigenvalue weighted by atomic mass is 10.2. The molecule has 2 aromatic carbocycles. The third-order valence-electron chi connectivity index (χ3n) is 2.65. The molecule has 3 nitrogen and oxygen atoms in total. The first kappa shape index (κ1) is 11.2. The average Bonchev–Trinajstić information content (AvgIpc) is 2.87. The summed E-state index contributed by atoms with van der Waals surface area (Å²) in [5.74, 6) is 2.07. The molecule has 0 saturated heterocycles. The van der Waals surface area contributed by atoms with Gasteiger partial charge >= 0.3 is 0 Å². The summed E-state index contributed by atoms with van der Waals surface area (Å²) in [7, 11) is 0. The van der Waals surface area contributed by atoms with Crippen molar-refractivity contribution in [2.75, 3.05) is 6.79 Å². The van der Waals surface area contributed by atoms with Gasteiger partial charge in [-0.25, -0.2) is 0 Å². The van der Waals surface area contributed by atoms with Crippen molar-refractivity contribution in [1.82, 2.24) is 0 Å². The minimum atomic E-state index is -0.522. The van der Waals surface area contributed by atoms with E-state index in [-0.39, 0.29) is 6.79 Å². The van der Waals surface area contributed by atoms with Crippen LogP contribution in [0.5, 0.6) is 17.2 Å². The van der Waals surface area contributed by atoms with Gasteiger partial charge in [-0.3, -0.25) is 0 Å². The zero-order valence-electron chi connectivity index (χ0n) is 9.51. The summed E-state index contributed by atoms with van der Waals surface area (Å²) in [5, 5.41) is 0. The van der Waals surface area contributed by atoms with Crippen molar-refractivity contribution in [2.24, 2.45) is 0 Å². The van der Waals surface area contributed by atoms with E-state index < -0.39 is 5.56 Å². The van der Waals surface area contributed by atoms with E-state index in [0.29, 0.717) is 11.5 Å². The smallest absolute Gasteiger partial charge is 0.231 e. The van der Waals surface area contributed by atoms with E-state index in [2.05, 4.69) is 0 Å². The van der Waals surface area contributed by atoms with Gasteiger partial charge in [0.05, 0.1) is 0 Å². The summed E-state index contributed by atoms with van der Waals surface area (Å²) < 4.78 is 16.2. The Morgan fingerprint density at radius 2 is 1.78 bits per heavy atom. The highest BCUT2D eigenvalue weighted by Crippen LogP contribution is 2.36. The normalized spacial score (nSPS) is 14.3. The molecule has 2 aromatic rings. The molecule has 0 aliphatic carbocycles. The molecule has 0 N–H and O–H groups in total. The van der Waals surface area contributed by atoms with Crippen LogP contribution in [0.4, 0.5) is 0 Å². The summed E-state index contributed by atoms with van der Waals surface area (Å²) in [6.45, 7) is 0.252. The summed E-state index contributed by atoms with van der Waals surface area (Å²) >= 11 is 6.20. The Morgan fingerprint density at radius 1 is 1.00 bits per heavy atom. The topological polar surface area (TPSA) is 27.7 Å². The van der Waals surface area contributed by atoms with Crippen molar-refractivity contribution >= 4 is 11.6 Å². The molecule has 0 radical (unpaired) electrons. The lowest BCUT2D eigenvalue weighted by molar-refractivity contribution is 0.173. The number of benzene rings is 2. The SMILES string of the molecule is ClC(Oc1ccc2c(c1)OCO2)c1ccccc1. The van der Waals surface area contributed by atoms with Crippen molar-refractivity contribution in [3.8, 4) is 17.2 Å². The van der Waals surface area contributed by atoms with E-state index in [9.17, 15) is 0 Å². The number of fused-ring (bicyclic) bond motifs is 1. The van der Waals surface area contributed by atoms with E-state index >= 15 is 0 Å². The van der Waals surface area contributed by atoms with Gasteiger partial charge < -0.3 is 14.2 Å². The first-order valence-electron chi connectivity index (χ1n) is 5.58. The Hall–Kier alpha value is -1.87. The van der Waals surface area contributed by atoms with E-state index in [1.165, 1.54) is 0 Å². The first-order valence-corrected chi connectivity index (χ1v) is 6.02. The zero-order chi connectivity index (χ0) is 12.4. The maximum absolute atomic E-state index is 6.20. The maximum Gasteiger partial charge on any atom is 0.231 e. The van der Waals surface area contributed by atoms with Crippen LogP contribution in [0.25, 0.3) is 0 Å². The monoisotopic (exact) mass is 262 g/mol.